The normalized spacial score (nSPS) is 16.3. The number of hydrogen-bond acceptors (Lipinski definition) is 3. The molecule has 0 saturated carbocycles. The lowest BCUT2D eigenvalue weighted by molar-refractivity contribution is -0.125. The number of anilines is 1. The van der Waals surface area contributed by atoms with Crippen LogP contribution in [0.15, 0.2) is 24.3 Å². The predicted octanol–water partition coefficient (Wildman–Crippen LogP) is 1.73. The molecule has 0 spiro atoms. The Morgan fingerprint density at radius 2 is 2.16 bits per heavy atom. The molecule has 4 heteroatoms. The SMILES string of the molecule is Cc1cccc(N(C)C(=O)COC2CCNCC2)c1. The first-order valence-electron chi connectivity index (χ1n) is 6.82. The van der Waals surface area contributed by atoms with Crippen molar-refractivity contribution in [2.24, 2.45) is 0 Å². The molecule has 1 N–H and O–H groups in total. The number of aryl methyl sites for hydroxylation is 1. The van der Waals surface area contributed by atoms with Gasteiger partial charge in [0, 0.05) is 12.7 Å². The third-order valence-corrected chi connectivity index (χ3v) is 3.49. The van der Waals surface area contributed by atoms with Crippen molar-refractivity contribution in [1.82, 2.24) is 5.32 Å². The molecule has 0 atom stereocenters. The highest BCUT2D eigenvalue weighted by Crippen LogP contribution is 2.15. The number of piperidine rings is 1. The molecule has 1 fully saturated rings. The summed E-state index contributed by atoms with van der Waals surface area (Å²) in [6, 6.07) is 7.92. The maximum Gasteiger partial charge on any atom is 0.252 e. The minimum Gasteiger partial charge on any atom is -0.368 e. The van der Waals surface area contributed by atoms with Crippen molar-refractivity contribution < 1.29 is 9.53 Å². The van der Waals surface area contributed by atoms with E-state index in [9.17, 15) is 4.79 Å². The van der Waals surface area contributed by atoms with E-state index < -0.39 is 0 Å². The molecule has 0 bridgehead atoms. The Morgan fingerprint density at radius 1 is 1.42 bits per heavy atom. The second-order valence-corrected chi connectivity index (χ2v) is 5.05. The summed E-state index contributed by atoms with van der Waals surface area (Å²) in [5.41, 5.74) is 2.07. The first kappa shape index (κ1) is 14.0. The van der Waals surface area contributed by atoms with Crippen LogP contribution in [0.2, 0.25) is 0 Å². The summed E-state index contributed by atoms with van der Waals surface area (Å²) >= 11 is 0. The average Bonchev–Trinajstić information content (AvgIpc) is 2.45. The van der Waals surface area contributed by atoms with Gasteiger partial charge in [0.05, 0.1) is 6.10 Å². The van der Waals surface area contributed by atoms with E-state index in [1.807, 2.05) is 31.2 Å². The smallest absolute Gasteiger partial charge is 0.252 e. The van der Waals surface area contributed by atoms with Crippen molar-refractivity contribution in [3.8, 4) is 0 Å². The number of nitrogens with zero attached hydrogens (tertiary/aromatic N) is 1. The number of benzene rings is 1. The number of rotatable bonds is 4. The van der Waals surface area contributed by atoms with E-state index >= 15 is 0 Å². The Hall–Kier alpha value is -1.39. The van der Waals surface area contributed by atoms with Gasteiger partial charge in [-0.3, -0.25) is 4.79 Å². The molecule has 1 heterocycles. The molecule has 0 unspecified atom stereocenters. The summed E-state index contributed by atoms with van der Waals surface area (Å²) in [7, 11) is 1.79. The third-order valence-electron chi connectivity index (χ3n) is 3.49. The monoisotopic (exact) mass is 262 g/mol. The minimum atomic E-state index is 0.00383. The van der Waals surface area contributed by atoms with Gasteiger partial charge in [0.2, 0.25) is 0 Å². The molecule has 1 aromatic rings. The van der Waals surface area contributed by atoms with E-state index in [1.54, 1.807) is 11.9 Å². The molecular formula is C15H22N2O2. The Kier molecular flexibility index (Phi) is 4.93. The lowest BCUT2D eigenvalue weighted by atomic mass is 10.1. The minimum absolute atomic E-state index is 0.00383. The number of nitrogens with one attached hydrogen (secondary N) is 1. The number of amides is 1. The maximum atomic E-state index is 12.1. The third kappa shape index (κ3) is 4.04. The lowest BCUT2D eigenvalue weighted by Crippen LogP contribution is -2.36. The molecular weight excluding hydrogens is 240 g/mol. The van der Waals surface area contributed by atoms with Gasteiger partial charge < -0.3 is 15.0 Å². The fourth-order valence-electron chi connectivity index (χ4n) is 2.23. The van der Waals surface area contributed by atoms with Gasteiger partial charge in [-0.15, -0.1) is 0 Å². The fraction of sp³-hybridized carbons (Fsp3) is 0.533. The van der Waals surface area contributed by atoms with Crippen molar-refractivity contribution in [3.05, 3.63) is 29.8 Å². The molecule has 104 valence electrons. The molecule has 1 aliphatic heterocycles. The van der Waals surface area contributed by atoms with Crippen molar-refractivity contribution in [3.63, 3.8) is 0 Å². The van der Waals surface area contributed by atoms with Gasteiger partial charge in [-0.2, -0.15) is 0 Å². The quantitative estimate of drug-likeness (QED) is 0.898. The van der Waals surface area contributed by atoms with Crippen LogP contribution in [0, 0.1) is 6.92 Å². The number of likely N-dealkylation sites (N-methyl/N-ethyl adjacent to an activating group) is 1. The van der Waals surface area contributed by atoms with Crippen LogP contribution in [0.25, 0.3) is 0 Å². The summed E-state index contributed by atoms with van der Waals surface area (Å²) in [5, 5.41) is 3.28. The second kappa shape index (κ2) is 6.68. The van der Waals surface area contributed by atoms with Gasteiger partial charge in [-0.05, 0) is 50.6 Å². The van der Waals surface area contributed by atoms with Crippen LogP contribution < -0.4 is 10.2 Å². The summed E-state index contributed by atoms with van der Waals surface area (Å²) in [6.07, 6.45) is 2.19. The van der Waals surface area contributed by atoms with Gasteiger partial charge >= 0.3 is 0 Å². The number of hydrogen-bond donors (Lipinski definition) is 1. The van der Waals surface area contributed by atoms with Crippen molar-refractivity contribution in [1.29, 1.82) is 0 Å². The van der Waals surface area contributed by atoms with Crippen LogP contribution in [-0.2, 0) is 9.53 Å². The number of ether oxygens (including phenoxy) is 1. The van der Waals surface area contributed by atoms with Crippen molar-refractivity contribution in [2.45, 2.75) is 25.9 Å². The molecule has 0 radical (unpaired) electrons. The van der Waals surface area contributed by atoms with Gasteiger partial charge in [0.15, 0.2) is 0 Å². The zero-order valence-electron chi connectivity index (χ0n) is 11.7. The van der Waals surface area contributed by atoms with E-state index in [4.69, 9.17) is 4.74 Å². The van der Waals surface area contributed by atoms with Gasteiger partial charge in [0.25, 0.3) is 5.91 Å². The van der Waals surface area contributed by atoms with Crippen molar-refractivity contribution >= 4 is 11.6 Å². The average molecular weight is 262 g/mol. The zero-order chi connectivity index (χ0) is 13.7. The lowest BCUT2D eigenvalue weighted by Gasteiger charge is -2.24. The van der Waals surface area contributed by atoms with Gasteiger partial charge in [-0.1, -0.05) is 12.1 Å². The number of carbonyl (C=O) groups excluding carboxylic acids is 1. The van der Waals surface area contributed by atoms with Crippen LogP contribution in [-0.4, -0.2) is 38.8 Å². The highest BCUT2D eigenvalue weighted by atomic mass is 16.5. The van der Waals surface area contributed by atoms with E-state index in [-0.39, 0.29) is 18.6 Å². The van der Waals surface area contributed by atoms with E-state index in [1.165, 1.54) is 0 Å². The van der Waals surface area contributed by atoms with Crippen molar-refractivity contribution in [2.75, 3.05) is 31.6 Å². The molecule has 0 aromatic heterocycles. The Labute approximate surface area is 114 Å². The summed E-state index contributed by atoms with van der Waals surface area (Å²) < 4.78 is 5.69. The summed E-state index contributed by atoms with van der Waals surface area (Å²) in [5.74, 6) is 0.00383. The first-order chi connectivity index (χ1) is 9.16. The Balaban J connectivity index is 1.85. The molecule has 1 amide bonds. The molecule has 2 rings (SSSR count). The molecule has 19 heavy (non-hydrogen) atoms. The number of carbonyl (C=O) groups is 1. The largest absolute Gasteiger partial charge is 0.368 e. The van der Waals surface area contributed by atoms with Crippen LogP contribution in [0.3, 0.4) is 0 Å². The summed E-state index contributed by atoms with van der Waals surface area (Å²) in [6.45, 7) is 4.14. The standard InChI is InChI=1S/C15H22N2O2/c1-12-4-3-5-13(10-12)17(2)15(18)11-19-14-6-8-16-9-7-14/h3-5,10,14,16H,6-9,11H2,1-2H3. The van der Waals surface area contributed by atoms with E-state index in [0.29, 0.717) is 0 Å². The van der Waals surface area contributed by atoms with Gasteiger partial charge in [-0.25, -0.2) is 0 Å². The zero-order valence-corrected chi connectivity index (χ0v) is 11.7. The highest BCUT2D eigenvalue weighted by molar-refractivity contribution is 5.93. The molecule has 1 aliphatic rings. The van der Waals surface area contributed by atoms with Crippen LogP contribution >= 0.6 is 0 Å². The van der Waals surface area contributed by atoms with Crippen LogP contribution in [0.5, 0.6) is 0 Å². The van der Waals surface area contributed by atoms with Crippen LogP contribution in [0.1, 0.15) is 18.4 Å². The molecule has 1 aromatic carbocycles. The maximum absolute atomic E-state index is 12.1. The predicted molar refractivity (Wildman–Crippen MR) is 76.4 cm³/mol. The van der Waals surface area contributed by atoms with Crippen LogP contribution in [0.4, 0.5) is 5.69 Å². The summed E-state index contributed by atoms with van der Waals surface area (Å²) in [4.78, 5) is 13.7. The molecule has 4 nitrogen and oxygen atoms in total. The fourth-order valence-corrected chi connectivity index (χ4v) is 2.23. The Bertz CT molecular complexity index is 428. The Morgan fingerprint density at radius 3 is 2.84 bits per heavy atom. The molecule has 0 aliphatic carbocycles. The molecule has 1 saturated heterocycles. The second-order valence-electron chi connectivity index (χ2n) is 5.05. The van der Waals surface area contributed by atoms with Gasteiger partial charge in [0.1, 0.15) is 6.61 Å². The van der Waals surface area contributed by atoms with E-state index in [0.717, 1.165) is 37.2 Å². The highest BCUT2D eigenvalue weighted by Gasteiger charge is 2.17. The first-order valence-corrected chi connectivity index (χ1v) is 6.82. The van der Waals surface area contributed by atoms with E-state index in [2.05, 4.69) is 5.32 Å². The topological polar surface area (TPSA) is 41.6 Å².